The Morgan fingerprint density at radius 1 is 1.18 bits per heavy atom. The zero-order valence-electron chi connectivity index (χ0n) is 19.0. The van der Waals surface area contributed by atoms with Crippen LogP contribution in [0.1, 0.15) is 18.4 Å². The summed E-state index contributed by atoms with van der Waals surface area (Å²) in [5.41, 5.74) is 2.56. The van der Waals surface area contributed by atoms with Gasteiger partial charge in [0.25, 0.3) is 12.6 Å². The molecule has 1 saturated heterocycles. The number of piperidine rings is 1. The zero-order chi connectivity index (χ0) is 23.4. The van der Waals surface area contributed by atoms with Crippen molar-refractivity contribution in [3.8, 4) is 34.2 Å². The monoisotopic (exact) mass is 448 g/mol. The fourth-order valence-corrected chi connectivity index (χ4v) is 4.00. The molecule has 1 aromatic heterocycles. The molecular formula is C25H27FN5O2+. The van der Waals surface area contributed by atoms with Crippen LogP contribution in [-0.2, 0) is 7.05 Å². The standard InChI is InChI=1S/C25H26FN5O2/c1-27-15-16-4-6-17(7-5-16)23-22(18-8-9-21(33-3)20(26)14-18)24(32)31(2)25(30-23)29-19-10-12-28-13-11-19/h4-9,14,19,28H,10-13H2,1-3H3/p+1. The Hall–Kier alpha value is -3.70. The summed E-state index contributed by atoms with van der Waals surface area (Å²) in [6, 6.07) is 15.1. The first-order chi connectivity index (χ1) is 16.0. The van der Waals surface area contributed by atoms with E-state index in [1.807, 2.05) is 24.3 Å². The summed E-state index contributed by atoms with van der Waals surface area (Å²) in [6.45, 7) is 1.83. The number of halogens is 1. The van der Waals surface area contributed by atoms with E-state index in [0.29, 0.717) is 22.8 Å². The van der Waals surface area contributed by atoms with Crippen molar-refractivity contribution >= 4 is 5.95 Å². The minimum absolute atomic E-state index is 0.119. The molecule has 3 aromatic rings. The predicted molar refractivity (Wildman–Crippen MR) is 129 cm³/mol. The number of ether oxygens (including phenoxy) is 1. The molecule has 1 aliphatic heterocycles. The van der Waals surface area contributed by atoms with Crippen molar-refractivity contribution in [1.82, 2.24) is 14.9 Å². The largest absolute Gasteiger partial charge is 0.494 e. The lowest BCUT2D eigenvalue weighted by atomic mass is 9.99. The number of benzene rings is 2. The lowest BCUT2D eigenvalue weighted by Crippen LogP contribution is -2.37. The van der Waals surface area contributed by atoms with Crippen LogP contribution < -0.4 is 20.9 Å². The molecule has 4 rings (SSSR count). The van der Waals surface area contributed by atoms with Gasteiger partial charge in [0.05, 0.1) is 18.4 Å². The van der Waals surface area contributed by atoms with Crippen LogP contribution in [-0.4, -0.2) is 42.8 Å². The lowest BCUT2D eigenvalue weighted by molar-refractivity contribution is 0.386. The maximum absolute atomic E-state index is 14.5. The molecule has 1 fully saturated rings. The third-order valence-corrected chi connectivity index (χ3v) is 5.80. The van der Waals surface area contributed by atoms with E-state index < -0.39 is 5.82 Å². The van der Waals surface area contributed by atoms with Crippen LogP contribution in [0.15, 0.2) is 47.3 Å². The SMILES string of the molecule is C[N+]#Cc1ccc(-c2nc(NC3CCNCC3)n(C)c(=O)c2-c2ccc(OC)c(F)c2)cc1. The van der Waals surface area contributed by atoms with Crippen molar-refractivity contribution in [3.05, 3.63) is 69.0 Å². The van der Waals surface area contributed by atoms with Crippen LogP contribution in [0, 0.1) is 11.9 Å². The number of hydrogen-bond acceptors (Lipinski definition) is 5. The Bertz CT molecular complexity index is 1270. The normalized spacial score (nSPS) is 13.8. The summed E-state index contributed by atoms with van der Waals surface area (Å²) in [5.74, 6) is 0.0717. The van der Waals surface area contributed by atoms with E-state index in [-0.39, 0.29) is 17.4 Å². The fourth-order valence-electron chi connectivity index (χ4n) is 4.00. The van der Waals surface area contributed by atoms with Gasteiger partial charge in [0.1, 0.15) is 5.56 Å². The Morgan fingerprint density at radius 2 is 1.88 bits per heavy atom. The van der Waals surface area contributed by atoms with Crippen molar-refractivity contribution in [1.29, 1.82) is 0 Å². The van der Waals surface area contributed by atoms with Gasteiger partial charge in [0, 0.05) is 18.7 Å². The summed E-state index contributed by atoms with van der Waals surface area (Å²) in [7, 11) is 4.75. The van der Waals surface area contributed by atoms with Crippen LogP contribution in [0.25, 0.3) is 27.2 Å². The molecule has 33 heavy (non-hydrogen) atoms. The minimum atomic E-state index is -0.538. The Morgan fingerprint density at radius 3 is 2.52 bits per heavy atom. The van der Waals surface area contributed by atoms with Gasteiger partial charge in [-0.25, -0.2) is 9.37 Å². The van der Waals surface area contributed by atoms with Gasteiger partial charge < -0.3 is 15.4 Å². The van der Waals surface area contributed by atoms with E-state index in [9.17, 15) is 9.18 Å². The highest BCUT2D eigenvalue weighted by atomic mass is 19.1. The number of aromatic nitrogens is 2. The molecule has 0 saturated carbocycles. The second-order valence-electron chi connectivity index (χ2n) is 7.95. The van der Waals surface area contributed by atoms with Crippen LogP contribution in [0.5, 0.6) is 5.75 Å². The van der Waals surface area contributed by atoms with Gasteiger partial charge in [-0.2, -0.15) is 0 Å². The number of methoxy groups -OCH3 is 1. The molecule has 0 amide bonds. The third kappa shape index (κ3) is 4.73. The Kier molecular flexibility index (Phi) is 6.71. The summed E-state index contributed by atoms with van der Waals surface area (Å²) in [5, 5.41) is 6.77. The molecule has 0 radical (unpaired) electrons. The van der Waals surface area contributed by atoms with Crippen LogP contribution in [0.3, 0.4) is 0 Å². The predicted octanol–water partition coefficient (Wildman–Crippen LogP) is 3.74. The summed E-state index contributed by atoms with van der Waals surface area (Å²) < 4.78 is 21.1. The second-order valence-corrected chi connectivity index (χ2v) is 7.95. The molecule has 0 unspecified atom stereocenters. The van der Waals surface area contributed by atoms with Gasteiger partial charge >= 0.3 is 6.07 Å². The number of hydrogen-bond donors (Lipinski definition) is 2. The highest BCUT2D eigenvalue weighted by Crippen LogP contribution is 2.31. The summed E-state index contributed by atoms with van der Waals surface area (Å²) in [6.07, 6.45) is 1.88. The average molecular weight is 449 g/mol. The number of nitrogens with one attached hydrogen (secondary N) is 2. The molecular weight excluding hydrogens is 421 g/mol. The van der Waals surface area contributed by atoms with Crippen molar-refractivity contribution < 1.29 is 9.13 Å². The summed E-state index contributed by atoms with van der Waals surface area (Å²) >= 11 is 0. The molecule has 2 aromatic carbocycles. The molecule has 0 atom stereocenters. The fraction of sp³-hybridized carbons (Fsp3) is 0.320. The average Bonchev–Trinajstić information content (AvgIpc) is 2.83. The Labute approximate surface area is 192 Å². The topological polar surface area (TPSA) is 72.5 Å². The van der Waals surface area contributed by atoms with Crippen molar-refractivity contribution in [2.24, 2.45) is 7.05 Å². The molecule has 170 valence electrons. The zero-order valence-corrected chi connectivity index (χ0v) is 19.0. The van der Waals surface area contributed by atoms with Gasteiger partial charge in [-0.1, -0.05) is 23.0 Å². The number of nitrogens with zero attached hydrogens (tertiary/aromatic N) is 3. The second kappa shape index (κ2) is 9.84. The molecule has 7 nitrogen and oxygen atoms in total. The molecule has 1 aliphatic rings. The van der Waals surface area contributed by atoms with E-state index >= 15 is 0 Å². The van der Waals surface area contributed by atoms with Gasteiger partial charge in [0.2, 0.25) is 5.95 Å². The van der Waals surface area contributed by atoms with Crippen LogP contribution in [0.4, 0.5) is 10.3 Å². The Balaban J connectivity index is 1.88. The van der Waals surface area contributed by atoms with Gasteiger partial charge in [-0.3, -0.25) is 9.36 Å². The maximum atomic E-state index is 14.5. The summed E-state index contributed by atoms with van der Waals surface area (Å²) in [4.78, 5) is 22.3. The van der Waals surface area contributed by atoms with Crippen molar-refractivity contribution in [3.63, 3.8) is 0 Å². The highest BCUT2D eigenvalue weighted by molar-refractivity contribution is 5.81. The molecule has 0 aliphatic carbocycles. The quantitative estimate of drug-likeness (QED) is 0.622. The van der Waals surface area contributed by atoms with E-state index in [1.54, 1.807) is 20.2 Å². The number of rotatable bonds is 5. The molecule has 2 N–H and O–H groups in total. The molecule has 2 heterocycles. The van der Waals surface area contributed by atoms with Crippen LogP contribution in [0.2, 0.25) is 0 Å². The van der Waals surface area contributed by atoms with E-state index in [2.05, 4.69) is 21.5 Å². The van der Waals surface area contributed by atoms with Gasteiger partial charge in [-0.05, 0) is 55.8 Å². The first-order valence-electron chi connectivity index (χ1n) is 10.9. The minimum Gasteiger partial charge on any atom is -0.494 e. The first-order valence-corrected chi connectivity index (χ1v) is 10.9. The molecule has 0 bridgehead atoms. The van der Waals surface area contributed by atoms with E-state index in [4.69, 9.17) is 9.72 Å². The van der Waals surface area contributed by atoms with Crippen LogP contribution >= 0.6 is 0 Å². The third-order valence-electron chi connectivity index (χ3n) is 5.80. The van der Waals surface area contributed by atoms with E-state index in [1.165, 1.54) is 23.8 Å². The lowest BCUT2D eigenvalue weighted by Gasteiger charge is -2.25. The van der Waals surface area contributed by atoms with Crippen molar-refractivity contribution in [2.45, 2.75) is 18.9 Å². The highest BCUT2D eigenvalue weighted by Gasteiger charge is 2.21. The van der Waals surface area contributed by atoms with E-state index in [0.717, 1.165) is 37.1 Å². The molecule has 8 heteroatoms. The maximum Gasteiger partial charge on any atom is 0.310 e. The van der Waals surface area contributed by atoms with Crippen molar-refractivity contribution in [2.75, 3.05) is 32.6 Å². The first kappa shape index (κ1) is 22.5. The number of anilines is 1. The van der Waals surface area contributed by atoms with Gasteiger partial charge in [0.15, 0.2) is 11.6 Å². The molecule has 0 spiro atoms. The smallest absolute Gasteiger partial charge is 0.310 e. The van der Waals surface area contributed by atoms with Gasteiger partial charge in [-0.15, -0.1) is 0 Å².